The number of hydrogen-bond acceptors (Lipinski definition) is 6. The van der Waals surface area contributed by atoms with Crippen LogP contribution in [-0.2, 0) is 12.6 Å². The highest BCUT2D eigenvalue weighted by Gasteiger charge is 2.30. The molecule has 1 unspecified atom stereocenters. The Morgan fingerprint density at radius 1 is 1.03 bits per heavy atom. The molecule has 0 saturated heterocycles. The Morgan fingerprint density at radius 3 is 2.70 bits per heavy atom. The molecule has 2 heterocycles. The fourth-order valence-electron chi connectivity index (χ4n) is 3.14. The van der Waals surface area contributed by atoms with Gasteiger partial charge in [0, 0.05) is 35.9 Å². The zero-order valence-electron chi connectivity index (χ0n) is 15.7. The van der Waals surface area contributed by atoms with Gasteiger partial charge in [0.1, 0.15) is 5.01 Å². The van der Waals surface area contributed by atoms with Crippen LogP contribution in [0.15, 0.2) is 60.9 Å². The molecule has 3 N–H and O–H groups in total. The Bertz CT molecular complexity index is 1160. The number of nitrogens with zero attached hydrogens (tertiary/aromatic N) is 3. The lowest BCUT2D eigenvalue weighted by Gasteiger charge is -2.16. The van der Waals surface area contributed by atoms with E-state index in [2.05, 4.69) is 20.5 Å². The van der Waals surface area contributed by atoms with E-state index in [9.17, 15) is 13.2 Å². The van der Waals surface area contributed by atoms with E-state index in [1.807, 2.05) is 24.3 Å². The van der Waals surface area contributed by atoms with Gasteiger partial charge in [-0.2, -0.15) is 13.2 Å². The molecule has 2 aromatic heterocycles. The SMILES string of the molecule is NCC(Cc1cccc(C(F)(F)F)c1)Nc1nnc(-c2ccc3cnccc3c2)s1. The van der Waals surface area contributed by atoms with Gasteiger partial charge in [0.15, 0.2) is 0 Å². The van der Waals surface area contributed by atoms with Crippen LogP contribution in [-0.4, -0.2) is 27.8 Å². The van der Waals surface area contributed by atoms with Crippen molar-refractivity contribution in [2.24, 2.45) is 5.73 Å². The number of nitrogens with two attached hydrogens (primary N) is 1. The summed E-state index contributed by atoms with van der Waals surface area (Å²) in [5, 5.41) is 15.0. The molecule has 1 atom stereocenters. The Labute approximate surface area is 174 Å². The average molecular weight is 429 g/mol. The van der Waals surface area contributed by atoms with Crippen LogP contribution in [0.4, 0.5) is 18.3 Å². The molecule has 0 spiro atoms. The molecule has 4 rings (SSSR count). The minimum absolute atomic E-state index is 0.244. The standard InChI is InChI=1S/C21H18F3N5S/c22-21(23,24)17-3-1-2-13(8-17)9-18(11-25)27-20-29-28-19(30-20)15-4-5-16-12-26-7-6-14(16)10-15/h1-8,10,12,18H,9,11,25H2,(H,27,29). The number of aromatic nitrogens is 3. The topological polar surface area (TPSA) is 76.7 Å². The number of nitrogens with one attached hydrogen (secondary N) is 1. The predicted molar refractivity (Wildman–Crippen MR) is 112 cm³/mol. The molecule has 0 radical (unpaired) electrons. The number of pyridine rings is 1. The summed E-state index contributed by atoms with van der Waals surface area (Å²) < 4.78 is 38.8. The van der Waals surface area contributed by atoms with Crippen molar-refractivity contribution < 1.29 is 13.2 Å². The van der Waals surface area contributed by atoms with Crippen molar-refractivity contribution in [3.63, 3.8) is 0 Å². The molecule has 0 aliphatic rings. The second kappa shape index (κ2) is 8.37. The summed E-state index contributed by atoms with van der Waals surface area (Å²) in [6, 6.07) is 12.9. The summed E-state index contributed by atoms with van der Waals surface area (Å²) in [5.74, 6) is 0. The molecule has 0 amide bonds. The van der Waals surface area contributed by atoms with Crippen molar-refractivity contribution in [2.45, 2.75) is 18.6 Å². The van der Waals surface area contributed by atoms with Gasteiger partial charge in [0.05, 0.1) is 5.56 Å². The van der Waals surface area contributed by atoms with E-state index in [-0.39, 0.29) is 12.6 Å². The molecular formula is C21H18F3N5S. The number of rotatable bonds is 6. The third-order valence-electron chi connectivity index (χ3n) is 4.66. The van der Waals surface area contributed by atoms with Crippen LogP contribution in [0.2, 0.25) is 0 Å². The molecule has 0 saturated carbocycles. The van der Waals surface area contributed by atoms with Crippen LogP contribution in [0.5, 0.6) is 0 Å². The van der Waals surface area contributed by atoms with Gasteiger partial charge in [-0.3, -0.25) is 4.98 Å². The van der Waals surface area contributed by atoms with Gasteiger partial charge in [-0.25, -0.2) is 0 Å². The first-order valence-corrected chi connectivity index (χ1v) is 10.0. The van der Waals surface area contributed by atoms with Gasteiger partial charge < -0.3 is 11.1 Å². The van der Waals surface area contributed by atoms with Gasteiger partial charge in [-0.05, 0) is 35.6 Å². The summed E-state index contributed by atoms with van der Waals surface area (Å²) in [4.78, 5) is 4.11. The lowest BCUT2D eigenvalue weighted by atomic mass is 10.0. The van der Waals surface area contributed by atoms with Crippen LogP contribution < -0.4 is 11.1 Å². The summed E-state index contributed by atoms with van der Waals surface area (Å²) in [7, 11) is 0. The molecule has 4 aromatic rings. The maximum atomic E-state index is 12.9. The number of alkyl halides is 3. The van der Waals surface area contributed by atoms with E-state index in [0.717, 1.165) is 33.5 Å². The molecule has 5 nitrogen and oxygen atoms in total. The molecule has 0 aliphatic carbocycles. The van der Waals surface area contributed by atoms with Crippen molar-refractivity contribution in [3.8, 4) is 10.6 Å². The van der Waals surface area contributed by atoms with E-state index in [0.29, 0.717) is 17.1 Å². The van der Waals surface area contributed by atoms with Gasteiger partial charge in [0.2, 0.25) is 5.13 Å². The molecule has 0 fully saturated rings. The highest BCUT2D eigenvalue weighted by Crippen LogP contribution is 2.31. The van der Waals surface area contributed by atoms with E-state index in [4.69, 9.17) is 5.73 Å². The summed E-state index contributed by atoms with van der Waals surface area (Å²) in [5.41, 5.74) is 6.66. The highest BCUT2D eigenvalue weighted by molar-refractivity contribution is 7.18. The molecule has 30 heavy (non-hydrogen) atoms. The number of fused-ring (bicyclic) bond motifs is 1. The van der Waals surface area contributed by atoms with Crippen molar-refractivity contribution in [3.05, 3.63) is 72.1 Å². The lowest BCUT2D eigenvalue weighted by molar-refractivity contribution is -0.137. The third-order valence-corrected chi connectivity index (χ3v) is 5.56. The third kappa shape index (κ3) is 4.58. The van der Waals surface area contributed by atoms with Crippen molar-refractivity contribution in [1.29, 1.82) is 0 Å². The average Bonchev–Trinajstić information content (AvgIpc) is 3.21. The van der Waals surface area contributed by atoms with Crippen LogP contribution >= 0.6 is 11.3 Å². The first-order chi connectivity index (χ1) is 14.4. The summed E-state index contributed by atoms with van der Waals surface area (Å²) in [6.45, 7) is 0.244. The monoisotopic (exact) mass is 429 g/mol. The van der Waals surface area contributed by atoms with E-state index in [1.165, 1.54) is 17.4 Å². The quantitative estimate of drug-likeness (QED) is 0.462. The molecule has 2 aromatic carbocycles. The van der Waals surface area contributed by atoms with Crippen molar-refractivity contribution in [2.75, 3.05) is 11.9 Å². The Morgan fingerprint density at radius 2 is 1.90 bits per heavy atom. The van der Waals surface area contributed by atoms with E-state index >= 15 is 0 Å². The predicted octanol–water partition coefficient (Wildman–Crippen LogP) is 4.75. The number of anilines is 1. The lowest BCUT2D eigenvalue weighted by Crippen LogP contribution is -2.31. The van der Waals surface area contributed by atoms with Crippen LogP contribution in [0.25, 0.3) is 21.3 Å². The van der Waals surface area contributed by atoms with Crippen LogP contribution in [0.3, 0.4) is 0 Å². The maximum Gasteiger partial charge on any atom is 0.416 e. The molecule has 0 bridgehead atoms. The molecule has 0 aliphatic heterocycles. The van der Waals surface area contributed by atoms with Crippen LogP contribution in [0, 0.1) is 0 Å². The number of hydrogen-bond donors (Lipinski definition) is 2. The molecule has 9 heteroatoms. The second-order valence-electron chi connectivity index (χ2n) is 6.83. The Kier molecular flexibility index (Phi) is 5.65. The fraction of sp³-hybridized carbons (Fsp3) is 0.190. The van der Waals surface area contributed by atoms with Gasteiger partial charge in [-0.1, -0.05) is 41.7 Å². The first kappa shape index (κ1) is 20.2. The van der Waals surface area contributed by atoms with Crippen molar-refractivity contribution in [1.82, 2.24) is 15.2 Å². The molecule has 154 valence electrons. The Balaban J connectivity index is 1.49. The minimum atomic E-state index is -4.37. The zero-order chi connectivity index (χ0) is 21.1. The maximum absolute atomic E-state index is 12.9. The van der Waals surface area contributed by atoms with Gasteiger partial charge >= 0.3 is 6.18 Å². The normalized spacial score (nSPS) is 12.8. The largest absolute Gasteiger partial charge is 0.416 e. The van der Waals surface area contributed by atoms with E-state index < -0.39 is 11.7 Å². The van der Waals surface area contributed by atoms with E-state index in [1.54, 1.807) is 18.5 Å². The smallest absolute Gasteiger partial charge is 0.356 e. The van der Waals surface area contributed by atoms with Crippen molar-refractivity contribution >= 4 is 27.2 Å². The second-order valence-corrected chi connectivity index (χ2v) is 7.81. The Hall–Kier alpha value is -3.04. The first-order valence-electron chi connectivity index (χ1n) is 9.23. The highest BCUT2D eigenvalue weighted by atomic mass is 32.1. The van der Waals surface area contributed by atoms with Gasteiger partial charge in [-0.15, -0.1) is 10.2 Å². The van der Waals surface area contributed by atoms with Crippen LogP contribution in [0.1, 0.15) is 11.1 Å². The zero-order valence-corrected chi connectivity index (χ0v) is 16.5. The number of benzene rings is 2. The summed E-state index contributed by atoms with van der Waals surface area (Å²) >= 11 is 1.37. The molecular weight excluding hydrogens is 411 g/mol. The summed E-state index contributed by atoms with van der Waals surface area (Å²) in [6.07, 6.45) is -0.491. The fourth-order valence-corrected chi connectivity index (χ4v) is 3.96. The number of halogens is 3. The minimum Gasteiger partial charge on any atom is -0.356 e. The van der Waals surface area contributed by atoms with Gasteiger partial charge in [0.25, 0.3) is 0 Å².